The third-order valence-electron chi connectivity index (χ3n) is 4.00. The predicted octanol–water partition coefficient (Wildman–Crippen LogP) is 2.59. The highest BCUT2D eigenvalue weighted by Crippen LogP contribution is 2.25. The van der Waals surface area contributed by atoms with Crippen molar-refractivity contribution in [3.63, 3.8) is 0 Å². The van der Waals surface area contributed by atoms with Crippen molar-refractivity contribution in [2.75, 3.05) is 0 Å². The summed E-state index contributed by atoms with van der Waals surface area (Å²) in [6.45, 7) is 0. The molecule has 0 radical (unpaired) electrons. The normalized spacial score (nSPS) is 14.2. The Kier molecular flexibility index (Phi) is 3.62. The third-order valence-corrected chi connectivity index (χ3v) is 4.00. The number of fused-ring (bicyclic) bond motifs is 1. The lowest BCUT2D eigenvalue weighted by Gasteiger charge is -2.20. The monoisotopic (exact) mass is 301 g/mol. The molecule has 0 saturated carbocycles. The fourth-order valence-corrected chi connectivity index (χ4v) is 2.84. The van der Waals surface area contributed by atoms with Crippen molar-refractivity contribution in [1.29, 1.82) is 0 Å². The molecular weight excluding hydrogens is 286 g/mol. The van der Waals surface area contributed by atoms with Crippen LogP contribution < -0.4 is 4.43 Å². The van der Waals surface area contributed by atoms with Crippen LogP contribution in [0.15, 0.2) is 30.5 Å². The molecule has 0 N–H and O–H groups in total. The molecule has 3 rings (SSSR count). The lowest BCUT2D eigenvalue weighted by Crippen LogP contribution is -2.26. The molecule has 114 valence electrons. The van der Waals surface area contributed by atoms with Gasteiger partial charge in [0.05, 0.1) is 15.0 Å². The quantitative estimate of drug-likeness (QED) is 0.369. The van der Waals surface area contributed by atoms with Gasteiger partial charge in [0.15, 0.2) is 0 Å². The topological polar surface area (TPSA) is 94.1 Å². The molecule has 1 aromatic carbocycles. The standard InChI is InChI=1S/C15H15N3O4/c19-16-10-15(11-6-8-12(9-7-11)18(21)22)17(20)14-5-3-1-2-4-13(14)16/h6-10H,1-5H2. The number of rotatable bonds is 2. The Morgan fingerprint density at radius 1 is 1.09 bits per heavy atom. The van der Waals surface area contributed by atoms with E-state index in [1.165, 1.54) is 30.5 Å². The summed E-state index contributed by atoms with van der Waals surface area (Å²) in [7, 11) is 0. The first-order valence-electron chi connectivity index (χ1n) is 7.20. The van der Waals surface area contributed by atoms with Gasteiger partial charge >= 0.3 is 0 Å². The van der Waals surface area contributed by atoms with Gasteiger partial charge in [0.2, 0.25) is 0 Å². The van der Waals surface area contributed by atoms with E-state index in [1.54, 1.807) is 0 Å². The zero-order valence-corrected chi connectivity index (χ0v) is 11.9. The molecule has 1 aliphatic rings. The highest BCUT2D eigenvalue weighted by atomic mass is 16.6. The zero-order valence-electron chi connectivity index (χ0n) is 11.9. The summed E-state index contributed by atoms with van der Waals surface area (Å²) in [6.07, 6.45) is 5.26. The molecule has 22 heavy (non-hydrogen) atoms. The van der Waals surface area contributed by atoms with Crippen LogP contribution >= 0.6 is 0 Å². The maximum atomic E-state index is 12.6. The molecule has 2 aromatic rings. The first kappa shape index (κ1) is 14.2. The average molecular weight is 301 g/mol. The Balaban J connectivity index is 2.11. The van der Waals surface area contributed by atoms with E-state index in [2.05, 4.69) is 0 Å². The lowest BCUT2D eigenvalue weighted by molar-refractivity contribution is -0.505. The van der Waals surface area contributed by atoms with Gasteiger partial charge in [-0.2, -0.15) is 0 Å². The predicted molar refractivity (Wildman–Crippen MR) is 79.9 cm³/mol. The lowest BCUT2D eigenvalue weighted by atomic mass is 10.1. The van der Waals surface area contributed by atoms with Crippen LogP contribution in [-0.4, -0.2) is 9.65 Å². The van der Waals surface area contributed by atoms with Crippen molar-refractivity contribution < 1.29 is 9.35 Å². The van der Waals surface area contributed by atoms with Crippen molar-refractivity contribution >= 4 is 5.69 Å². The maximum Gasteiger partial charge on any atom is 0.269 e. The van der Waals surface area contributed by atoms with Crippen LogP contribution in [0.5, 0.6) is 0 Å². The van der Waals surface area contributed by atoms with E-state index in [0.717, 1.165) is 28.4 Å². The summed E-state index contributed by atoms with van der Waals surface area (Å²) < 4.78 is 1.57. The summed E-state index contributed by atoms with van der Waals surface area (Å²) in [5.41, 5.74) is 1.73. The van der Waals surface area contributed by atoms with Gasteiger partial charge in [0.25, 0.3) is 17.6 Å². The Bertz CT molecular complexity index is 781. The van der Waals surface area contributed by atoms with Crippen LogP contribution in [0.1, 0.15) is 30.7 Å². The number of benzene rings is 1. The average Bonchev–Trinajstić information content (AvgIpc) is 2.77. The van der Waals surface area contributed by atoms with Gasteiger partial charge in [-0.3, -0.25) is 10.1 Å². The Labute approximate surface area is 126 Å². The molecule has 1 aliphatic carbocycles. The van der Waals surface area contributed by atoms with Crippen LogP contribution in [0.4, 0.5) is 5.69 Å². The van der Waals surface area contributed by atoms with Gasteiger partial charge in [-0.05, 0) is 31.4 Å². The molecule has 0 aliphatic heterocycles. The smallest absolute Gasteiger partial charge is 0.269 e. The van der Waals surface area contributed by atoms with Crippen LogP contribution in [-0.2, 0) is 12.8 Å². The summed E-state index contributed by atoms with van der Waals surface area (Å²) >= 11 is 0. The minimum atomic E-state index is -0.500. The number of non-ortho nitro benzene ring substituents is 1. The second-order valence-electron chi connectivity index (χ2n) is 5.39. The summed E-state index contributed by atoms with van der Waals surface area (Å²) in [6, 6.07) is 5.64. The van der Waals surface area contributed by atoms with Gasteiger partial charge < -0.3 is 9.94 Å². The first-order chi connectivity index (χ1) is 10.6. The van der Waals surface area contributed by atoms with Crippen LogP contribution in [0, 0.1) is 20.2 Å². The summed E-state index contributed by atoms with van der Waals surface area (Å²) in [5, 5.41) is 23.3. The minimum absolute atomic E-state index is 0.0500. The SMILES string of the molecule is O=[N+]([O-])c1ccc(-c2c[n+](=O)c3c(n2[O-])CCCCC3)cc1. The Morgan fingerprint density at radius 2 is 1.77 bits per heavy atom. The second-order valence-corrected chi connectivity index (χ2v) is 5.39. The fourth-order valence-electron chi connectivity index (χ4n) is 2.84. The van der Waals surface area contributed by atoms with Crippen LogP contribution in [0.2, 0.25) is 0 Å². The van der Waals surface area contributed by atoms with Crippen LogP contribution in [0.3, 0.4) is 0 Å². The van der Waals surface area contributed by atoms with Gasteiger partial charge in [0.1, 0.15) is 5.69 Å². The van der Waals surface area contributed by atoms with E-state index in [9.17, 15) is 20.2 Å². The van der Waals surface area contributed by atoms with E-state index < -0.39 is 4.92 Å². The Hall–Kier alpha value is -2.70. The molecule has 0 saturated heterocycles. The van der Waals surface area contributed by atoms with Crippen molar-refractivity contribution in [3.8, 4) is 11.3 Å². The fraction of sp³-hybridized carbons (Fsp3) is 0.333. The number of nitro benzene ring substituents is 1. The second kappa shape index (κ2) is 5.59. The molecule has 0 unspecified atom stereocenters. The molecule has 0 spiro atoms. The molecule has 7 nitrogen and oxygen atoms in total. The molecule has 0 bridgehead atoms. The highest BCUT2D eigenvalue weighted by molar-refractivity contribution is 5.61. The highest BCUT2D eigenvalue weighted by Gasteiger charge is 2.22. The minimum Gasteiger partial charge on any atom is -0.805 e. The molecule has 0 atom stereocenters. The molecular formula is C15H15N3O4. The van der Waals surface area contributed by atoms with Crippen molar-refractivity contribution in [1.82, 2.24) is 4.73 Å². The number of nitro groups is 1. The Morgan fingerprint density at radius 3 is 2.45 bits per heavy atom. The largest absolute Gasteiger partial charge is 0.805 e. The zero-order chi connectivity index (χ0) is 15.7. The summed E-state index contributed by atoms with van der Waals surface area (Å²) in [5.74, 6) is 0. The van der Waals surface area contributed by atoms with Crippen molar-refractivity contribution in [2.45, 2.75) is 32.1 Å². The molecule has 1 heterocycles. The van der Waals surface area contributed by atoms with Gasteiger partial charge in [-0.1, -0.05) is 6.42 Å². The maximum absolute atomic E-state index is 12.6. The van der Waals surface area contributed by atoms with Crippen molar-refractivity contribution in [3.05, 3.63) is 62.1 Å². The molecule has 7 heteroatoms. The van der Waals surface area contributed by atoms with Crippen LogP contribution in [0.25, 0.3) is 11.3 Å². The molecule has 0 amide bonds. The number of nitrogens with zero attached hydrogens (tertiary/aromatic N) is 3. The van der Waals surface area contributed by atoms with Gasteiger partial charge in [-0.15, -0.1) is 0 Å². The van der Waals surface area contributed by atoms with E-state index in [-0.39, 0.29) is 11.4 Å². The molecule has 1 aromatic heterocycles. The van der Waals surface area contributed by atoms with Crippen molar-refractivity contribution in [2.24, 2.45) is 0 Å². The third kappa shape index (κ3) is 2.45. The van der Waals surface area contributed by atoms with E-state index >= 15 is 0 Å². The molecule has 0 fully saturated rings. The van der Waals surface area contributed by atoms with Gasteiger partial charge in [-0.25, -0.2) is 0 Å². The number of hydrogen-bond donors (Lipinski definition) is 0. The summed E-state index contributed by atoms with van der Waals surface area (Å²) in [4.78, 5) is 22.4. The number of hydrogen-bond acceptors (Lipinski definition) is 4. The van der Waals surface area contributed by atoms with E-state index in [0.29, 0.717) is 29.8 Å². The number of aromatic nitrogens is 2. The van der Waals surface area contributed by atoms with E-state index in [4.69, 9.17) is 0 Å². The first-order valence-corrected chi connectivity index (χ1v) is 7.20. The van der Waals surface area contributed by atoms with E-state index in [1.807, 2.05) is 0 Å². The van der Waals surface area contributed by atoms with Gasteiger partial charge in [0, 0.05) is 29.0 Å².